The number of hydrogen-bond donors (Lipinski definition) is 3. The zero-order valence-corrected chi connectivity index (χ0v) is 9.82. The summed E-state index contributed by atoms with van der Waals surface area (Å²) in [6, 6.07) is 1.31. The van der Waals surface area contributed by atoms with Crippen molar-refractivity contribution in [3.8, 4) is 6.07 Å². The van der Waals surface area contributed by atoms with E-state index in [1.165, 1.54) is 0 Å². The van der Waals surface area contributed by atoms with Crippen LogP contribution in [0.2, 0.25) is 0 Å². The van der Waals surface area contributed by atoms with Gasteiger partial charge in [-0.2, -0.15) is 5.26 Å². The van der Waals surface area contributed by atoms with Crippen molar-refractivity contribution in [1.29, 1.82) is 5.26 Å². The minimum absolute atomic E-state index is 0.0665. The van der Waals surface area contributed by atoms with Crippen molar-refractivity contribution in [1.82, 2.24) is 20.9 Å². The molecule has 7 nitrogen and oxygen atoms in total. The van der Waals surface area contributed by atoms with Gasteiger partial charge in [0.1, 0.15) is 6.04 Å². The monoisotopic (exact) mass is 239 g/mol. The molecule has 1 fully saturated rings. The summed E-state index contributed by atoms with van der Waals surface area (Å²) in [7, 11) is 0. The Labute approximate surface area is 100 Å². The molecule has 3 amide bonds. The largest absolute Gasteiger partial charge is 0.338 e. The van der Waals surface area contributed by atoms with Crippen LogP contribution in [0.25, 0.3) is 0 Å². The van der Waals surface area contributed by atoms with Crippen LogP contribution in [0.4, 0.5) is 4.79 Å². The van der Waals surface area contributed by atoms with Crippen molar-refractivity contribution in [2.75, 3.05) is 32.7 Å². The molecule has 1 rings (SSSR count). The molecule has 17 heavy (non-hydrogen) atoms. The molecule has 0 aromatic rings. The molecule has 1 atom stereocenters. The first kappa shape index (κ1) is 13.4. The number of nitrogens with zero attached hydrogens (tertiary/aromatic N) is 2. The number of nitriles is 1. The average molecular weight is 239 g/mol. The maximum absolute atomic E-state index is 11.5. The van der Waals surface area contributed by atoms with Crippen LogP contribution < -0.4 is 16.0 Å². The third kappa shape index (κ3) is 4.38. The van der Waals surface area contributed by atoms with Crippen molar-refractivity contribution in [2.24, 2.45) is 0 Å². The summed E-state index contributed by atoms with van der Waals surface area (Å²) in [5, 5.41) is 16.7. The van der Waals surface area contributed by atoms with E-state index in [0.717, 1.165) is 6.54 Å². The fraction of sp³-hybridized carbons (Fsp3) is 0.700. The Morgan fingerprint density at radius 1 is 1.59 bits per heavy atom. The number of imide groups is 1. The van der Waals surface area contributed by atoms with E-state index < -0.39 is 11.9 Å². The summed E-state index contributed by atoms with van der Waals surface area (Å²) in [6.07, 6.45) is 0. The van der Waals surface area contributed by atoms with Crippen molar-refractivity contribution in [3.63, 3.8) is 0 Å². The van der Waals surface area contributed by atoms with E-state index in [1.54, 1.807) is 11.8 Å². The molecule has 94 valence electrons. The topological polar surface area (TPSA) is 97.3 Å². The molecule has 7 heteroatoms. The number of urea groups is 1. The second-order valence-corrected chi connectivity index (χ2v) is 3.73. The minimum Gasteiger partial charge on any atom is -0.338 e. The molecule has 1 saturated heterocycles. The third-order valence-electron chi connectivity index (χ3n) is 2.44. The Morgan fingerprint density at radius 2 is 2.35 bits per heavy atom. The van der Waals surface area contributed by atoms with Crippen LogP contribution in [0.3, 0.4) is 0 Å². The van der Waals surface area contributed by atoms with Crippen molar-refractivity contribution in [3.05, 3.63) is 0 Å². The predicted octanol–water partition coefficient (Wildman–Crippen LogP) is -1.37. The lowest BCUT2D eigenvalue weighted by Crippen LogP contribution is -2.54. The summed E-state index contributed by atoms with van der Waals surface area (Å²) in [5.74, 6) is -0.391. The molecule has 1 heterocycles. The fourth-order valence-electron chi connectivity index (χ4n) is 1.62. The lowest BCUT2D eigenvalue weighted by molar-refractivity contribution is -0.121. The summed E-state index contributed by atoms with van der Waals surface area (Å²) < 4.78 is 0. The van der Waals surface area contributed by atoms with Gasteiger partial charge in [-0.15, -0.1) is 0 Å². The highest BCUT2D eigenvalue weighted by Crippen LogP contribution is 2.01. The van der Waals surface area contributed by atoms with E-state index >= 15 is 0 Å². The number of carbonyl (C=O) groups excluding carboxylic acids is 2. The highest BCUT2D eigenvalue weighted by atomic mass is 16.2. The van der Waals surface area contributed by atoms with Crippen LogP contribution in [0.5, 0.6) is 0 Å². The van der Waals surface area contributed by atoms with Crippen LogP contribution in [0, 0.1) is 11.3 Å². The second kappa shape index (κ2) is 6.83. The Bertz CT molecular complexity index is 325. The molecule has 3 N–H and O–H groups in total. The van der Waals surface area contributed by atoms with Gasteiger partial charge in [-0.3, -0.25) is 15.0 Å². The zero-order chi connectivity index (χ0) is 12.7. The molecular weight excluding hydrogens is 222 g/mol. The average Bonchev–Trinajstić information content (AvgIpc) is 2.29. The Hall–Kier alpha value is -1.65. The van der Waals surface area contributed by atoms with Crippen LogP contribution >= 0.6 is 0 Å². The van der Waals surface area contributed by atoms with Crippen LogP contribution in [-0.4, -0.2) is 55.6 Å². The first-order valence-electron chi connectivity index (χ1n) is 5.59. The Kier molecular flexibility index (Phi) is 5.39. The van der Waals surface area contributed by atoms with Gasteiger partial charge in [0, 0.05) is 26.2 Å². The number of piperazine rings is 1. The summed E-state index contributed by atoms with van der Waals surface area (Å²) in [4.78, 5) is 24.4. The highest BCUT2D eigenvalue weighted by molar-refractivity contribution is 5.95. The molecular formula is C10H17N5O2. The maximum atomic E-state index is 11.5. The number of rotatable bonds is 3. The van der Waals surface area contributed by atoms with Crippen LogP contribution in [-0.2, 0) is 4.79 Å². The van der Waals surface area contributed by atoms with Gasteiger partial charge in [0.25, 0.3) is 0 Å². The van der Waals surface area contributed by atoms with Gasteiger partial charge in [0.15, 0.2) is 0 Å². The first-order valence-corrected chi connectivity index (χ1v) is 5.59. The van der Waals surface area contributed by atoms with E-state index in [2.05, 4.69) is 22.0 Å². The molecule has 1 aliphatic heterocycles. The number of carbonyl (C=O) groups is 2. The van der Waals surface area contributed by atoms with Gasteiger partial charge in [-0.05, 0) is 6.92 Å². The standard InChI is InChI=1S/C10H17N5O2/c1-2-13-10(17)14-9(16)7-15-4-3-12-6-8(15)5-11/h8,12H,2-4,6-7H2,1H3,(H2,13,14,16,17). The van der Waals surface area contributed by atoms with Gasteiger partial charge in [0.05, 0.1) is 12.6 Å². The number of hydrogen-bond acceptors (Lipinski definition) is 5. The highest BCUT2D eigenvalue weighted by Gasteiger charge is 2.24. The van der Waals surface area contributed by atoms with Crippen molar-refractivity contribution >= 4 is 11.9 Å². The van der Waals surface area contributed by atoms with Gasteiger partial charge >= 0.3 is 6.03 Å². The normalized spacial score (nSPS) is 20.4. The Balaban J connectivity index is 2.39. The molecule has 1 unspecified atom stereocenters. The molecule has 0 aliphatic carbocycles. The van der Waals surface area contributed by atoms with E-state index in [-0.39, 0.29) is 12.6 Å². The molecule has 0 aromatic carbocycles. The quantitative estimate of drug-likeness (QED) is 0.564. The summed E-state index contributed by atoms with van der Waals surface area (Å²) >= 11 is 0. The van der Waals surface area contributed by atoms with E-state index in [4.69, 9.17) is 5.26 Å². The lowest BCUT2D eigenvalue weighted by atomic mass is 10.2. The number of amides is 3. The predicted molar refractivity (Wildman–Crippen MR) is 61.1 cm³/mol. The third-order valence-corrected chi connectivity index (χ3v) is 2.44. The van der Waals surface area contributed by atoms with Gasteiger partial charge in [-0.25, -0.2) is 4.79 Å². The fourth-order valence-corrected chi connectivity index (χ4v) is 1.62. The van der Waals surface area contributed by atoms with Crippen molar-refractivity contribution in [2.45, 2.75) is 13.0 Å². The van der Waals surface area contributed by atoms with Crippen molar-refractivity contribution < 1.29 is 9.59 Å². The summed E-state index contributed by atoms with van der Waals surface area (Å²) in [6.45, 7) is 4.22. The zero-order valence-electron chi connectivity index (χ0n) is 9.82. The molecule has 0 radical (unpaired) electrons. The van der Waals surface area contributed by atoms with Gasteiger partial charge < -0.3 is 10.6 Å². The first-order chi connectivity index (χ1) is 8.17. The molecule has 1 aliphatic rings. The Morgan fingerprint density at radius 3 is 3.00 bits per heavy atom. The van der Waals surface area contributed by atoms with Crippen LogP contribution in [0.1, 0.15) is 6.92 Å². The minimum atomic E-state index is -0.499. The van der Waals surface area contributed by atoms with E-state index in [9.17, 15) is 9.59 Å². The lowest BCUT2D eigenvalue weighted by Gasteiger charge is -2.30. The molecule has 0 saturated carbocycles. The molecule has 0 bridgehead atoms. The SMILES string of the molecule is CCNC(=O)NC(=O)CN1CCNCC1C#N. The second-order valence-electron chi connectivity index (χ2n) is 3.73. The number of nitrogens with one attached hydrogen (secondary N) is 3. The van der Waals surface area contributed by atoms with E-state index in [1.807, 2.05) is 0 Å². The molecule has 0 spiro atoms. The van der Waals surface area contributed by atoms with Gasteiger partial charge in [-0.1, -0.05) is 0 Å². The molecule has 0 aromatic heterocycles. The van der Waals surface area contributed by atoms with E-state index in [0.29, 0.717) is 19.6 Å². The smallest absolute Gasteiger partial charge is 0.321 e. The summed E-state index contributed by atoms with van der Waals surface area (Å²) in [5.41, 5.74) is 0. The van der Waals surface area contributed by atoms with Crippen LogP contribution in [0.15, 0.2) is 0 Å². The van der Waals surface area contributed by atoms with Gasteiger partial charge in [0.2, 0.25) is 5.91 Å². The maximum Gasteiger partial charge on any atom is 0.321 e.